The fourth-order valence-corrected chi connectivity index (χ4v) is 2.10. The molecule has 2 N–H and O–H groups in total. The zero-order chi connectivity index (χ0) is 16.8. The van der Waals surface area contributed by atoms with Crippen LogP contribution in [0, 0.1) is 13.8 Å². The molecule has 2 aromatic rings. The van der Waals surface area contributed by atoms with Gasteiger partial charge in [-0.1, -0.05) is 23.7 Å². The lowest BCUT2D eigenvalue weighted by Crippen LogP contribution is -2.38. The first-order valence-corrected chi connectivity index (χ1v) is 7.64. The lowest BCUT2D eigenvalue weighted by Gasteiger charge is -2.10. The van der Waals surface area contributed by atoms with E-state index in [1.165, 1.54) is 10.9 Å². The van der Waals surface area contributed by atoms with Gasteiger partial charge in [0.15, 0.2) is 0 Å². The Morgan fingerprint density at radius 1 is 1.22 bits per heavy atom. The quantitative estimate of drug-likeness (QED) is 0.878. The highest BCUT2D eigenvalue weighted by molar-refractivity contribution is 6.30. The third-order valence-electron chi connectivity index (χ3n) is 3.52. The molecule has 2 amide bonds. The highest BCUT2D eigenvalue weighted by atomic mass is 35.5. The van der Waals surface area contributed by atoms with Crippen LogP contribution in [0.4, 0.5) is 4.79 Å². The number of hydrogen-bond acceptors (Lipinski definition) is 3. The van der Waals surface area contributed by atoms with Crippen LogP contribution in [0.3, 0.4) is 0 Å². The maximum Gasteiger partial charge on any atom is 0.315 e. The van der Waals surface area contributed by atoms with Crippen molar-refractivity contribution in [3.05, 3.63) is 62.8 Å². The highest BCUT2D eigenvalue weighted by Crippen LogP contribution is 2.08. The first-order valence-electron chi connectivity index (χ1n) is 7.26. The van der Waals surface area contributed by atoms with E-state index in [9.17, 15) is 9.59 Å². The smallest absolute Gasteiger partial charge is 0.315 e. The van der Waals surface area contributed by atoms with Crippen LogP contribution < -0.4 is 16.2 Å². The number of carbonyl (C=O) groups excluding carboxylic acids is 1. The molecule has 0 atom stereocenters. The van der Waals surface area contributed by atoms with Gasteiger partial charge in [0, 0.05) is 35.9 Å². The van der Waals surface area contributed by atoms with Crippen molar-refractivity contribution in [3.8, 4) is 0 Å². The summed E-state index contributed by atoms with van der Waals surface area (Å²) in [4.78, 5) is 27.9. The van der Waals surface area contributed by atoms with Crippen molar-refractivity contribution in [1.29, 1.82) is 0 Å². The second kappa shape index (κ2) is 7.78. The first kappa shape index (κ1) is 17.0. The monoisotopic (exact) mass is 334 g/mol. The number of benzene rings is 1. The van der Waals surface area contributed by atoms with Crippen molar-refractivity contribution < 1.29 is 4.79 Å². The molecule has 122 valence electrons. The summed E-state index contributed by atoms with van der Waals surface area (Å²) in [6.45, 7) is 4.67. The molecule has 6 nitrogen and oxygen atoms in total. The van der Waals surface area contributed by atoms with E-state index in [-0.39, 0.29) is 11.6 Å². The van der Waals surface area contributed by atoms with E-state index >= 15 is 0 Å². The Labute approximate surface area is 139 Å². The van der Waals surface area contributed by atoms with Crippen molar-refractivity contribution in [3.63, 3.8) is 0 Å². The Balaban J connectivity index is 1.78. The summed E-state index contributed by atoms with van der Waals surface area (Å²) in [7, 11) is 0. The van der Waals surface area contributed by atoms with Crippen LogP contribution in [0.15, 0.2) is 35.4 Å². The molecule has 0 aliphatic rings. The maximum absolute atomic E-state index is 12.0. The first-order chi connectivity index (χ1) is 11.0. The Bertz CT molecular complexity index is 741. The molecule has 7 heteroatoms. The molecule has 0 radical (unpaired) electrons. The summed E-state index contributed by atoms with van der Waals surface area (Å²) in [6.07, 6.45) is 1.50. The summed E-state index contributed by atoms with van der Waals surface area (Å²) in [5.74, 6) is 0. The SMILES string of the molecule is Cc1ncn(CCNC(=O)NCc2ccc(Cl)cc2)c(=O)c1C. The molecule has 0 aliphatic carbocycles. The molecular formula is C16H19ClN4O2. The van der Waals surface area contributed by atoms with Gasteiger partial charge in [-0.25, -0.2) is 9.78 Å². The van der Waals surface area contributed by atoms with E-state index in [0.717, 1.165) is 11.3 Å². The average Bonchev–Trinajstić information content (AvgIpc) is 2.54. The van der Waals surface area contributed by atoms with Crippen molar-refractivity contribution in [1.82, 2.24) is 20.2 Å². The molecule has 0 saturated heterocycles. The third kappa shape index (κ3) is 4.82. The zero-order valence-electron chi connectivity index (χ0n) is 13.1. The zero-order valence-corrected chi connectivity index (χ0v) is 13.9. The van der Waals surface area contributed by atoms with Gasteiger partial charge < -0.3 is 10.6 Å². The predicted octanol–water partition coefficient (Wildman–Crippen LogP) is 2.01. The number of halogens is 1. The Kier molecular flexibility index (Phi) is 5.76. The standard InChI is InChI=1S/C16H19ClN4O2/c1-11-12(2)20-10-21(15(11)22)8-7-18-16(23)19-9-13-3-5-14(17)6-4-13/h3-6,10H,7-9H2,1-2H3,(H2,18,19,23). The molecule has 0 unspecified atom stereocenters. The minimum atomic E-state index is -0.287. The van der Waals surface area contributed by atoms with E-state index in [0.29, 0.717) is 30.2 Å². The molecule has 0 saturated carbocycles. The van der Waals surface area contributed by atoms with Gasteiger partial charge >= 0.3 is 6.03 Å². The van der Waals surface area contributed by atoms with Gasteiger partial charge in [-0.05, 0) is 31.5 Å². The lowest BCUT2D eigenvalue weighted by atomic mass is 10.2. The molecule has 2 rings (SSSR count). The van der Waals surface area contributed by atoms with Crippen molar-refractivity contribution in [2.45, 2.75) is 26.9 Å². The number of aryl methyl sites for hydroxylation is 1. The van der Waals surface area contributed by atoms with Crippen molar-refractivity contribution >= 4 is 17.6 Å². The van der Waals surface area contributed by atoms with Gasteiger partial charge in [0.1, 0.15) is 0 Å². The van der Waals surface area contributed by atoms with E-state index < -0.39 is 0 Å². The molecule has 0 aliphatic heterocycles. The van der Waals surface area contributed by atoms with Gasteiger partial charge in [-0.3, -0.25) is 9.36 Å². The fourth-order valence-electron chi connectivity index (χ4n) is 1.97. The summed E-state index contributed by atoms with van der Waals surface area (Å²) in [5.41, 5.74) is 2.22. The van der Waals surface area contributed by atoms with Crippen LogP contribution in [-0.4, -0.2) is 22.1 Å². The molecule has 1 aromatic carbocycles. The lowest BCUT2D eigenvalue weighted by molar-refractivity contribution is 0.240. The van der Waals surface area contributed by atoms with Crippen LogP contribution in [0.2, 0.25) is 5.02 Å². The van der Waals surface area contributed by atoms with Gasteiger partial charge in [0.25, 0.3) is 5.56 Å². The normalized spacial score (nSPS) is 10.4. The summed E-state index contributed by atoms with van der Waals surface area (Å²) in [5, 5.41) is 6.11. The number of carbonyl (C=O) groups is 1. The van der Waals surface area contributed by atoms with Gasteiger partial charge in [-0.15, -0.1) is 0 Å². The number of urea groups is 1. The maximum atomic E-state index is 12.0. The summed E-state index contributed by atoms with van der Waals surface area (Å²) >= 11 is 5.80. The fraction of sp³-hybridized carbons (Fsp3) is 0.312. The predicted molar refractivity (Wildman–Crippen MR) is 89.7 cm³/mol. The van der Waals surface area contributed by atoms with Crippen LogP contribution >= 0.6 is 11.6 Å². The number of amides is 2. The minimum Gasteiger partial charge on any atom is -0.336 e. The number of nitrogens with one attached hydrogen (secondary N) is 2. The van der Waals surface area contributed by atoms with E-state index in [1.807, 2.05) is 12.1 Å². The third-order valence-corrected chi connectivity index (χ3v) is 3.77. The molecule has 1 heterocycles. The second-order valence-corrected chi connectivity index (χ2v) is 5.63. The van der Waals surface area contributed by atoms with Gasteiger partial charge in [-0.2, -0.15) is 0 Å². The van der Waals surface area contributed by atoms with Crippen LogP contribution in [0.25, 0.3) is 0 Å². The Morgan fingerprint density at radius 2 is 1.91 bits per heavy atom. The van der Waals surface area contributed by atoms with Crippen molar-refractivity contribution in [2.24, 2.45) is 0 Å². The number of nitrogens with zero attached hydrogens (tertiary/aromatic N) is 2. The van der Waals surface area contributed by atoms with Crippen molar-refractivity contribution in [2.75, 3.05) is 6.54 Å². The van der Waals surface area contributed by atoms with Crippen LogP contribution in [0.5, 0.6) is 0 Å². The van der Waals surface area contributed by atoms with Crippen LogP contribution in [0.1, 0.15) is 16.8 Å². The molecule has 0 spiro atoms. The van der Waals surface area contributed by atoms with E-state index in [4.69, 9.17) is 11.6 Å². The largest absolute Gasteiger partial charge is 0.336 e. The molecule has 1 aromatic heterocycles. The topological polar surface area (TPSA) is 76.0 Å². The highest BCUT2D eigenvalue weighted by Gasteiger charge is 2.04. The molecule has 0 fully saturated rings. The minimum absolute atomic E-state index is 0.0825. The number of rotatable bonds is 5. The molecular weight excluding hydrogens is 316 g/mol. The van der Waals surface area contributed by atoms with Gasteiger partial charge in [0.2, 0.25) is 0 Å². The Hall–Kier alpha value is -2.34. The summed E-state index contributed by atoms with van der Waals surface area (Å²) < 4.78 is 1.49. The molecule has 23 heavy (non-hydrogen) atoms. The summed E-state index contributed by atoms with van der Waals surface area (Å²) in [6, 6.07) is 6.96. The second-order valence-electron chi connectivity index (χ2n) is 5.19. The Morgan fingerprint density at radius 3 is 2.61 bits per heavy atom. The average molecular weight is 335 g/mol. The molecule has 0 bridgehead atoms. The number of hydrogen-bond donors (Lipinski definition) is 2. The number of aromatic nitrogens is 2. The van der Waals surface area contributed by atoms with Crippen LogP contribution in [-0.2, 0) is 13.1 Å². The van der Waals surface area contributed by atoms with Gasteiger partial charge in [0.05, 0.1) is 6.33 Å². The van der Waals surface area contributed by atoms with E-state index in [1.54, 1.807) is 26.0 Å². The van der Waals surface area contributed by atoms with E-state index in [2.05, 4.69) is 15.6 Å².